The summed E-state index contributed by atoms with van der Waals surface area (Å²) in [6, 6.07) is 6.10. The highest BCUT2D eigenvalue weighted by Gasteiger charge is 2.47. The Morgan fingerprint density at radius 1 is 1.28 bits per heavy atom. The monoisotopic (exact) mass is 434 g/mol. The summed E-state index contributed by atoms with van der Waals surface area (Å²) in [5.74, 6) is 7.58. The molecule has 7 heteroatoms. The third-order valence-electron chi connectivity index (χ3n) is 5.98. The molecule has 2 heterocycles. The Balaban J connectivity index is 1.34. The minimum absolute atomic E-state index is 0.0446. The van der Waals surface area contributed by atoms with Crippen LogP contribution in [0.5, 0.6) is 0 Å². The van der Waals surface area contributed by atoms with Crippen LogP contribution in [-0.2, 0) is 20.8 Å². The molecule has 5 rings (SSSR count). The minimum atomic E-state index is -0.300. The van der Waals surface area contributed by atoms with E-state index in [1.807, 2.05) is 45.2 Å². The number of aryl methyl sites for hydroxylation is 1. The molecule has 1 aromatic heterocycles. The summed E-state index contributed by atoms with van der Waals surface area (Å²) in [6.45, 7) is 8.00. The van der Waals surface area contributed by atoms with Gasteiger partial charge in [0.25, 0.3) is 0 Å². The molecule has 2 aliphatic carbocycles. The maximum atomic E-state index is 6.02. The first-order valence-electron chi connectivity index (χ1n) is 11.5. The predicted molar refractivity (Wildman–Crippen MR) is 121 cm³/mol. The molecule has 3 aliphatic rings. The van der Waals surface area contributed by atoms with E-state index in [1.54, 1.807) is 4.68 Å². The van der Waals surface area contributed by atoms with Gasteiger partial charge in [-0.3, -0.25) is 0 Å². The van der Waals surface area contributed by atoms with Crippen LogP contribution in [0, 0.1) is 30.1 Å². The van der Waals surface area contributed by atoms with Crippen LogP contribution in [0.4, 0.5) is 5.69 Å². The molecule has 0 radical (unpaired) electrons. The molecule has 1 aromatic carbocycles. The number of aromatic nitrogens is 3. The van der Waals surface area contributed by atoms with Crippen molar-refractivity contribution in [1.29, 1.82) is 0 Å². The smallest absolute Gasteiger partial charge is 0.244 e. The van der Waals surface area contributed by atoms with Gasteiger partial charge in [0, 0.05) is 16.9 Å². The zero-order chi connectivity index (χ0) is 22.1. The van der Waals surface area contributed by atoms with Gasteiger partial charge in [0.15, 0.2) is 12.0 Å². The number of rotatable bonds is 5. The lowest BCUT2D eigenvalue weighted by atomic mass is 10.1. The molecule has 7 nitrogen and oxygen atoms in total. The van der Waals surface area contributed by atoms with E-state index < -0.39 is 0 Å². The summed E-state index contributed by atoms with van der Waals surface area (Å²) in [5.41, 5.74) is 3.71. The summed E-state index contributed by atoms with van der Waals surface area (Å²) in [4.78, 5) is 4.81. The highest BCUT2D eigenvalue weighted by atomic mass is 16.7. The normalized spacial score (nSPS) is 20.3. The molecule has 0 atom stereocenters. The molecule has 2 saturated carbocycles. The Labute approximate surface area is 189 Å². The van der Waals surface area contributed by atoms with Crippen LogP contribution in [-0.4, -0.2) is 46.5 Å². The van der Waals surface area contributed by atoms with Gasteiger partial charge in [0.1, 0.15) is 0 Å². The van der Waals surface area contributed by atoms with Gasteiger partial charge >= 0.3 is 0 Å². The van der Waals surface area contributed by atoms with Gasteiger partial charge in [-0.1, -0.05) is 23.1 Å². The van der Waals surface area contributed by atoms with Crippen LogP contribution in [0.2, 0.25) is 0 Å². The maximum Gasteiger partial charge on any atom is 0.244 e. The van der Waals surface area contributed by atoms with Crippen molar-refractivity contribution in [1.82, 2.24) is 15.0 Å². The summed E-state index contributed by atoms with van der Waals surface area (Å²) in [6.07, 6.45) is 6.32. The first kappa shape index (κ1) is 21.2. The fourth-order valence-corrected chi connectivity index (χ4v) is 3.54. The van der Waals surface area contributed by atoms with Crippen molar-refractivity contribution < 1.29 is 14.2 Å². The van der Waals surface area contributed by atoms with Crippen molar-refractivity contribution in [2.75, 3.05) is 13.2 Å². The van der Waals surface area contributed by atoms with Gasteiger partial charge in [-0.2, -0.15) is 0 Å². The molecule has 32 heavy (non-hydrogen) atoms. The predicted octanol–water partition coefficient (Wildman–Crippen LogP) is 4.00. The molecule has 0 N–H and O–H groups in total. The second-order valence-corrected chi connectivity index (χ2v) is 9.51. The van der Waals surface area contributed by atoms with E-state index in [-0.39, 0.29) is 17.8 Å². The molecule has 0 unspecified atom stereocenters. The molecule has 3 fully saturated rings. The SMILES string of the molecule is Cc1ccc(C#CC2CC2)cc1N=C(OC(C)C)c1cn(CC2OCC3(CC3)CO2)nn1. The average molecular weight is 435 g/mol. The number of benzene rings is 1. The van der Waals surface area contributed by atoms with Gasteiger partial charge in [-0.05, 0) is 64.2 Å². The summed E-state index contributed by atoms with van der Waals surface area (Å²) in [5, 5.41) is 8.56. The fourth-order valence-electron chi connectivity index (χ4n) is 3.54. The van der Waals surface area contributed by atoms with Crippen molar-refractivity contribution >= 4 is 11.6 Å². The fraction of sp³-hybridized carbons (Fsp3) is 0.560. The van der Waals surface area contributed by atoms with E-state index in [4.69, 9.17) is 19.2 Å². The van der Waals surface area contributed by atoms with Crippen molar-refractivity contribution in [2.24, 2.45) is 16.3 Å². The highest BCUT2D eigenvalue weighted by Crippen LogP contribution is 2.48. The summed E-state index contributed by atoms with van der Waals surface area (Å²) in [7, 11) is 0. The Kier molecular flexibility index (Phi) is 5.75. The van der Waals surface area contributed by atoms with Gasteiger partial charge < -0.3 is 14.2 Å². The van der Waals surface area contributed by atoms with Crippen LogP contribution in [0.1, 0.15) is 56.4 Å². The van der Waals surface area contributed by atoms with Gasteiger partial charge in [-0.25, -0.2) is 9.67 Å². The number of nitrogens with zero attached hydrogens (tertiary/aromatic N) is 4. The first-order chi connectivity index (χ1) is 15.5. The van der Waals surface area contributed by atoms with Crippen molar-refractivity contribution in [3.8, 4) is 11.8 Å². The molecule has 1 aliphatic heterocycles. The number of aliphatic imine (C=N–C) groups is 1. The zero-order valence-electron chi connectivity index (χ0n) is 19.0. The Hall–Kier alpha value is -2.69. The van der Waals surface area contributed by atoms with E-state index in [1.165, 1.54) is 25.7 Å². The lowest BCUT2D eigenvalue weighted by Crippen LogP contribution is -2.36. The number of hydrogen-bond donors (Lipinski definition) is 0. The topological polar surface area (TPSA) is 70.8 Å². The standard InChI is InChI=1S/C25H30N4O3/c1-17(2)32-24(26-21-12-20(5-4-18(21)3)9-8-19-6-7-19)22-13-29(28-27-22)14-23-30-15-25(10-11-25)16-31-23/h4-5,12-13,17,19,23H,6-7,10-11,14-16H2,1-3H3. The molecule has 168 valence electrons. The largest absolute Gasteiger partial charge is 0.473 e. The molecular weight excluding hydrogens is 404 g/mol. The third-order valence-corrected chi connectivity index (χ3v) is 5.98. The molecule has 0 amide bonds. The first-order valence-corrected chi connectivity index (χ1v) is 11.5. The van der Waals surface area contributed by atoms with E-state index >= 15 is 0 Å². The third kappa shape index (κ3) is 5.20. The van der Waals surface area contributed by atoms with Crippen molar-refractivity contribution in [2.45, 2.75) is 65.4 Å². The second kappa shape index (κ2) is 8.68. The van der Waals surface area contributed by atoms with E-state index in [9.17, 15) is 0 Å². The van der Waals surface area contributed by atoms with Gasteiger partial charge in [0.05, 0.1) is 37.7 Å². The van der Waals surface area contributed by atoms with Crippen molar-refractivity contribution in [3.05, 3.63) is 41.2 Å². The van der Waals surface area contributed by atoms with E-state index in [0.717, 1.165) is 30.0 Å². The number of ether oxygens (including phenoxy) is 3. The average Bonchev–Trinajstić information content (AvgIpc) is 3.69. The highest BCUT2D eigenvalue weighted by molar-refractivity contribution is 5.94. The lowest BCUT2D eigenvalue weighted by Gasteiger charge is -2.29. The minimum Gasteiger partial charge on any atom is -0.473 e. The van der Waals surface area contributed by atoms with Gasteiger partial charge in [-0.15, -0.1) is 5.10 Å². The van der Waals surface area contributed by atoms with E-state index in [0.29, 0.717) is 24.1 Å². The Bertz CT molecular complexity index is 1060. The quantitative estimate of drug-likeness (QED) is 0.404. The summed E-state index contributed by atoms with van der Waals surface area (Å²) >= 11 is 0. The van der Waals surface area contributed by atoms with Crippen LogP contribution >= 0.6 is 0 Å². The molecular formula is C25H30N4O3. The van der Waals surface area contributed by atoms with Crippen LogP contribution in [0.25, 0.3) is 0 Å². The lowest BCUT2D eigenvalue weighted by molar-refractivity contribution is -0.213. The zero-order valence-corrected chi connectivity index (χ0v) is 19.0. The molecule has 1 spiro atoms. The Morgan fingerprint density at radius 2 is 2.06 bits per heavy atom. The van der Waals surface area contributed by atoms with Crippen LogP contribution in [0.3, 0.4) is 0 Å². The van der Waals surface area contributed by atoms with Crippen molar-refractivity contribution in [3.63, 3.8) is 0 Å². The molecule has 1 saturated heterocycles. The van der Waals surface area contributed by atoms with Crippen LogP contribution < -0.4 is 0 Å². The van der Waals surface area contributed by atoms with Crippen LogP contribution in [0.15, 0.2) is 29.4 Å². The number of hydrogen-bond acceptors (Lipinski definition) is 6. The van der Waals surface area contributed by atoms with Gasteiger partial charge in [0.2, 0.25) is 5.90 Å². The molecule has 0 bridgehead atoms. The summed E-state index contributed by atoms with van der Waals surface area (Å²) < 4.78 is 19.5. The Morgan fingerprint density at radius 3 is 2.75 bits per heavy atom. The van der Waals surface area contributed by atoms with E-state index in [2.05, 4.69) is 22.2 Å². The maximum absolute atomic E-state index is 6.02. The molecule has 2 aromatic rings. The second-order valence-electron chi connectivity index (χ2n) is 9.51.